The molecule has 1 unspecified atom stereocenters. The molecular formula is C17H31N3O3. The topological polar surface area (TPSA) is 78.5 Å². The van der Waals surface area contributed by atoms with Crippen LogP contribution in [0.15, 0.2) is 0 Å². The highest BCUT2D eigenvalue weighted by Gasteiger charge is 2.27. The Hall–Kier alpha value is -1.43. The molecule has 0 bridgehead atoms. The SMILES string of the molecule is CC(=O)C(NC(=O)CN1CCC(C(=O)NC(C)C)CC1)C(C)C. The molecule has 0 aromatic heterocycles. The Morgan fingerprint density at radius 1 is 1.04 bits per heavy atom. The van der Waals surface area contributed by atoms with E-state index < -0.39 is 6.04 Å². The van der Waals surface area contributed by atoms with Gasteiger partial charge in [0.25, 0.3) is 0 Å². The van der Waals surface area contributed by atoms with Gasteiger partial charge in [0.1, 0.15) is 0 Å². The number of amides is 2. The van der Waals surface area contributed by atoms with Gasteiger partial charge in [0, 0.05) is 12.0 Å². The van der Waals surface area contributed by atoms with Gasteiger partial charge in [-0.05, 0) is 52.6 Å². The third-order valence-electron chi connectivity index (χ3n) is 4.18. The lowest BCUT2D eigenvalue weighted by molar-refractivity contribution is -0.129. The first-order valence-electron chi connectivity index (χ1n) is 8.53. The molecule has 1 heterocycles. The first-order chi connectivity index (χ1) is 10.7. The quantitative estimate of drug-likeness (QED) is 0.730. The molecule has 1 aliphatic heterocycles. The lowest BCUT2D eigenvalue weighted by Crippen LogP contribution is -2.49. The van der Waals surface area contributed by atoms with Crippen molar-refractivity contribution in [3.05, 3.63) is 0 Å². The zero-order valence-corrected chi connectivity index (χ0v) is 15.0. The van der Waals surface area contributed by atoms with Crippen LogP contribution in [0.1, 0.15) is 47.5 Å². The number of hydrogen-bond acceptors (Lipinski definition) is 4. The highest BCUT2D eigenvalue weighted by atomic mass is 16.2. The van der Waals surface area contributed by atoms with Gasteiger partial charge >= 0.3 is 0 Å². The van der Waals surface area contributed by atoms with E-state index in [1.165, 1.54) is 6.92 Å². The molecule has 1 saturated heterocycles. The summed E-state index contributed by atoms with van der Waals surface area (Å²) in [5.74, 6) is 0.0983. The Morgan fingerprint density at radius 2 is 1.61 bits per heavy atom. The Bertz CT molecular complexity index is 427. The summed E-state index contributed by atoms with van der Waals surface area (Å²) in [4.78, 5) is 37.7. The van der Waals surface area contributed by atoms with Crippen LogP contribution in [-0.4, -0.2) is 54.2 Å². The number of piperidine rings is 1. The highest BCUT2D eigenvalue weighted by molar-refractivity contribution is 5.88. The second-order valence-corrected chi connectivity index (χ2v) is 7.11. The molecule has 23 heavy (non-hydrogen) atoms. The first kappa shape index (κ1) is 19.6. The molecule has 2 amide bonds. The molecule has 0 aromatic carbocycles. The van der Waals surface area contributed by atoms with E-state index in [9.17, 15) is 14.4 Å². The first-order valence-corrected chi connectivity index (χ1v) is 8.53. The van der Waals surface area contributed by atoms with Crippen molar-refractivity contribution in [2.24, 2.45) is 11.8 Å². The number of rotatable bonds is 7. The molecule has 0 spiro atoms. The van der Waals surface area contributed by atoms with Crippen LogP contribution in [0, 0.1) is 11.8 Å². The maximum Gasteiger partial charge on any atom is 0.234 e. The van der Waals surface area contributed by atoms with Crippen LogP contribution in [0.25, 0.3) is 0 Å². The number of Topliss-reactive ketones (excluding diaryl/α,β-unsaturated/α-hetero) is 1. The molecule has 0 radical (unpaired) electrons. The molecule has 0 saturated carbocycles. The van der Waals surface area contributed by atoms with E-state index in [0.717, 1.165) is 25.9 Å². The van der Waals surface area contributed by atoms with E-state index in [-0.39, 0.29) is 42.0 Å². The summed E-state index contributed by atoms with van der Waals surface area (Å²) >= 11 is 0. The van der Waals surface area contributed by atoms with Crippen molar-refractivity contribution in [1.82, 2.24) is 15.5 Å². The number of ketones is 1. The van der Waals surface area contributed by atoms with E-state index in [2.05, 4.69) is 10.6 Å². The Kier molecular flexibility index (Phi) is 7.68. The standard InChI is InChI=1S/C17H31N3O3/c1-11(2)16(13(5)21)19-15(22)10-20-8-6-14(7-9-20)17(23)18-12(3)4/h11-12,14,16H,6-10H2,1-5H3,(H,18,23)(H,19,22). The lowest BCUT2D eigenvalue weighted by atomic mass is 9.95. The van der Waals surface area contributed by atoms with Crippen molar-refractivity contribution < 1.29 is 14.4 Å². The molecular weight excluding hydrogens is 294 g/mol. The number of likely N-dealkylation sites (tertiary alicyclic amines) is 1. The fraction of sp³-hybridized carbons (Fsp3) is 0.824. The maximum atomic E-state index is 12.1. The second-order valence-electron chi connectivity index (χ2n) is 7.11. The van der Waals surface area contributed by atoms with E-state index in [1.54, 1.807) is 0 Å². The van der Waals surface area contributed by atoms with Crippen LogP contribution in [0.4, 0.5) is 0 Å². The summed E-state index contributed by atoms with van der Waals surface area (Å²) in [6.45, 7) is 11.0. The van der Waals surface area contributed by atoms with E-state index in [1.807, 2.05) is 32.6 Å². The Balaban J connectivity index is 2.39. The molecule has 1 rings (SSSR count). The summed E-state index contributed by atoms with van der Waals surface area (Å²) in [5, 5.41) is 5.76. The predicted molar refractivity (Wildman–Crippen MR) is 89.9 cm³/mol. The van der Waals surface area contributed by atoms with Gasteiger partial charge < -0.3 is 10.6 Å². The van der Waals surface area contributed by atoms with Gasteiger partial charge in [-0.3, -0.25) is 19.3 Å². The van der Waals surface area contributed by atoms with Crippen LogP contribution in [0.2, 0.25) is 0 Å². The van der Waals surface area contributed by atoms with Gasteiger partial charge in [0.2, 0.25) is 11.8 Å². The Labute approximate surface area is 139 Å². The van der Waals surface area contributed by atoms with E-state index in [4.69, 9.17) is 0 Å². The zero-order chi connectivity index (χ0) is 17.6. The minimum Gasteiger partial charge on any atom is -0.354 e. The number of nitrogens with zero attached hydrogens (tertiary/aromatic N) is 1. The monoisotopic (exact) mass is 325 g/mol. The smallest absolute Gasteiger partial charge is 0.234 e. The third kappa shape index (κ3) is 6.69. The fourth-order valence-corrected chi connectivity index (χ4v) is 2.92. The van der Waals surface area contributed by atoms with Gasteiger partial charge in [-0.25, -0.2) is 0 Å². The van der Waals surface area contributed by atoms with Crippen molar-refractivity contribution in [2.75, 3.05) is 19.6 Å². The minimum atomic E-state index is -0.420. The number of hydrogen-bond donors (Lipinski definition) is 2. The Morgan fingerprint density at radius 3 is 2.04 bits per heavy atom. The molecule has 1 atom stereocenters. The number of nitrogens with one attached hydrogen (secondary N) is 2. The molecule has 1 aliphatic rings. The van der Waals surface area contributed by atoms with Crippen LogP contribution >= 0.6 is 0 Å². The van der Waals surface area contributed by atoms with E-state index >= 15 is 0 Å². The van der Waals surface area contributed by atoms with E-state index in [0.29, 0.717) is 0 Å². The molecule has 6 heteroatoms. The summed E-state index contributed by atoms with van der Waals surface area (Å²) in [5.41, 5.74) is 0. The minimum absolute atomic E-state index is 0.0163. The molecule has 132 valence electrons. The normalized spacial score (nSPS) is 18.0. The average molecular weight is 325 g/mol. The van der Waals surface area contributed by atoms with Gasteiger partial charge in [-0.15, -0.1) is 0 Å². The molecule has 6 nitrogen and oxygen atoms in total. The highest BCUT2D eigenvalue weighted by Crippen LogP contribution is 2.17. The lowest BCUT2D eigenvalue weighted by Gasteiger charge is -2.31. The predicted octanol–water partition coefficient (Wildman–Crippen LogP) is 0.953. The van der Waals surface area contributed by atoms with Crippen molar-refractivity contribution in [3.63, 3.8) is 0 Å². The van der Waals surface area contributed by atoms with Crippen LogP contribution in [0.3, 0.4) is 0 Å². The number of carbonyl (C=O) groups is 3. The van der Waals surface area contributed by atoms with Gasteiger partial charge in [0.15, 0.2) is 5.78 Å². The third-order valence-corrected chi connectivity index (χ3v) is 4.18. The summed E-state index contributed by atoms with van der Waals surface area (Å²) < 4.78 is 0. The van der Waals surface area contributed by atoms with Crippen molar-refractivity contribution >= 4 is 17.6 Å². The fourth-order valence-electron chi connectivity index (χ4n) is 2.92. The van der Waals surface area contributed by atoms with Crippen LogP contribution in [0.5, 0.6) is 0 Å². The summed E-state index contributed by atoms with van der Waals surface area (Å²) in [6, 6.07) is -0.261. The average Bonchev–Trinajstić information content (AvgIpc) is 2.44. The molecule has 1 fully saturated rings. The number of carbonyl (C=O) groups excluding carboxylic acids is 3. The van der Waals surface area contributed by atoms with Gasteiger partial charge in [-0.2, -0.15) is 0 Å². The second kappa shape index (κ2) is 9.01. The summed E-state index contributed by atoms with van der Waals surface area (Å²) in [7, 11) is 0. The van der Waals surface area contributed by atoms with Crippen LogP contribution in [-0.2, 0) is 14.4 Å². The zero-order valence-electron chi connectivity index (χ0n) is 15.0. The maximum absolute atomic E-state index is 12.1. The molecule has 2 N–H and O–H groups in total. The molecule has 0 aromatic rings. The van der Waals surface area contributed by atoms with Gasteiger partial charge in [-0.1, -0.05) is 13.8 Å². The summed E-state index contributed by atoms with van der Waals surface area (Å²) in [6.07, 6.45) is 1.54. The van der Waals surface area contributed by atoms with Crippen molar-refractivity contribution in [2.45, 2.75) is 59.5 Å². The van der Waals surface area contributed by atoms with Crippen LogP contribution < -0.4 is 10.6 Å². The van der Waals surface area contributed by atoms with Gasteiger partial charge in [0.05, 0.1) is 12.6 Å². The van der Waals surface area contributed by atoms with Crippen molar-refractivity contribution in [1.29, 1.82) is 0 Å². The largest absolute Gasteiger partial charge is 0.354 e. The van der Waals surface area contributed by atoms with Crippen molar-refractivity contribution in [3.8, 4) is 0 Å². The molecule has 0 aliphatic carbocycles.